The predicted octanol–water partition coefficient (Wildman–Crippen LogP) is 3.18. The Kier molecular flexibility index (Phi) is 5.53. The van der Waals surface area contributed by atoms with Crippen LogP contribution in [0.5, 0.6) is 0 Å². The van der Waals surface area contributed by atoms with Crippen LogP contribution in [0.4, 0.5) is 10.9 Å². The molecule has 0 bridgehead atoms. The maximum atomic E-state index is 12.7. The standard InChI is InChI=1S/C21H18N4O4S/c1-2-29-18(26)11-16-15(23-21(30-16)24-17-9-5-6-10-22-17)12-25-19(27)13-7-3-4-8-14(13)20(25)28/h3-10H,2,11-12H2,1H3,(H,22,23,24). The van der Waals surface area contributed by atoms with Gasteiger partial charge in [-0.3, -0.25) is 19.3 Å². The zero-order valence-corrected chi connectivity index (χ0v) is 16.9. The molecular weight excluding hydrogens is 404 g/mol. The Balaban J connectivity index is 1.61. The van der Waals surface area contributed by atoms with E-state index in [9.17, 15) is 14.4 Å². The Morgan fingerprint density at radius 3 is 2.43 bits per heavy atom. The highest BCUT2D eigenvalue weighted by atomic mass is 32.1. The summed E-state index contributed by atoms with van der Waals surface area (Å²) < 4.78 is 5.05. The van der Waals surface area contributed by atoms with Gasteiger partial charge in [-0.1, -0.05) is 18.2 Å². The van der Waals surface area contributed by atoms with Gasteiger partial charge in [-0.2, -0.15) is 0 Å². The summed E-state index contributed by atoms with van der Waals surface area (Å²) in [4.78, 5) is 48.0. The number of pyridine rings is 1. The van der Waals surface area contributed by atoms with Crippen LogP contribution in [0.2, 0.25) is 0 Å². The molecule has 0 unspecified atom stereocenters. The molecule has 0 saturated heterocycles. The van der Waals surface area contributed by atoms with E-state index in [0.29, 0.717) is 32.6 Å². The third-order valence-electron chi connectivity index (χ3n) is 4.47. The van der Waals surface area contributed by atoms with Crippen LogP contribution < -0.4 is 5.32 Å². The SMILES string of the molecule is CCOC(=O)Cc1sc(Nc2ccccn2)nc1CN1C(=O)c2ccccc2C1=O. The fourth-order valence-electron chi connectivity index (χ4n) is 3.12. The second kappa shape index (κ2) is 8.42. The van der Waals surface area contributed by atoms with E-state index in [4.69, 9.17) is 4.74 Å². The van der Waals surface area contributed by atoms with Crippen LogP contribution in [-0.4, -0.2) is 39.3 Å². The highest BCUT2D eigenvalue weighted by molar-refractivity contribution is 7.15. The van der Waals surface area contributed by atoms with Gasteiger partial charge < -0.3 is 10.1 Å². The maximum Gasteiger partial charge on any atom is 0.311 e. The van der Waals surface area contributed by atoms with Crippen LogP contribution in [0.3, 0.4) is 0 Å². The number of aromatic nitrogens is 2. The number of nitrogens with one attached hydrogen (secondary N) is 1. The van der Waals surface area contributed by atoms with Crippen LogP contribution in [0.1, 0.15) is 38.2 Å². The van der Waals surface area contributed by atoms with Gasteiger partial charge in [0.25, 0.3) is 11.8 Å². The number of hydrogen-bond donors (Lipinski definition) is 1. The molecule has 3 heterocycles. The largest absolute Gasteiger partial charge is 0.466 e. The van der Waals surface area contributed by atoms with Crippen molar-refractivity contribution in [2.45, 2.75) is 19.9 Å². The number of hydrogen-bond acceptors (Lipinski definition) is 8. The number of anilines is 2. The molecule has 152 valence electrons. The summed E-state index contributed by atoms with van der Waals surface area (Å²) in [5.41, 5.74) is 1.22. The van der Waals surface area contributed by atoms with Gasteiger partial charge in [-0.05, 0) is 31.2 Å². The van der Waals surface area contributed by atoms with Crippen LogP contribution in [-0.2, 0) is 22.5 Å². The van der Waals surface area contributed by atoms with E-state index in [1.54, 1.807) is 49.5 Å². The number of benzene rings is 1. The van der Waals surface area contributed by atoms with Crippen molar-refractivity contribution < 1.29 is 19.1 Å². The monoisotopic (exact) mass is 422 g/mol. The third-order valence-corrected chi connectivity index (χ3v) is 5.49. The van der Waals surface area contributed by atoms with Gasteiger partial charge in [0.2, 0.25) is 0 Å². The minimum absolute atomic E-state index is 0.00784. The molecule has 1 aliphatic rings. The molecule has 4 rings (SSSR count). The summed E-state index contributed by atoms with van der Waals surface area (Å²) in [6.07, 6.45) is 1.66. The Labute approximate surface area is 176 Å². The number of rotatable bonds is 7. The van der Waals surface area contributed by atoms with Gasteiger partial charge in [0, 0.05) is 11.1 Å². The molecule has 0 saturated carbocycles. The van der Waals surface area contributed by atoms with Crippen LogP contribution in [0, 0.1) is 0 Å². The summed E-state index contributed by atoms with van der Waals surface area (Å²) in [5.74, 6) is -0.537. The van der Waals surface area contributed by atoms with E-state index in [0.717, 1.165) is 4.90 Å². The van der Waals surface area contributed by atoms with Gasteiger partial charge >= 0.3 is 5.97 Å². The minimum Gasteiger partial charge on any atom is -0.466 e. The summed E-state index contributed by atoms with van der Waals surface area (Å²) in [5, 5.41) is 3.60. The molecule has 9 heteroatoms. The van der Waals surface area contributed by atoms with E-state index >= 15 is 0 Å². The molecule has 0 aliphatic carbocycles. The first-order chi connectivity index (χ1) is 14.6. The lowest BCUT2D eigenvalue weighted by molar-refractivity contribution is -0.142. The first kappa shape index (κ1) is 19.7. The molecular formula is C21H18N4O4S. The van der Waals surface area contributed by atoms with E-state index in [2.05, 4.69) is 15.3 Å². The average molecular weight is 422 g/mol. The zero-order valence-electron chi connectivity index (χ0n) is 16.1. The average Bonchev–Trinajstić information content (AvgIpc) is 3.22. The second-order valence-corrected chi connectivity index (χ2v) is 7.54. The number of nitrogens with zero attached hydrogens (tertiary/aromatic N) is 3. The summed E-state index contributed by atoms with van der Waals surface area (Å²) in [7, 11) is 0. The Morgan fingerprint density at radius 1 is 1.10 bits per heavy atom. The number of carbonyl (C=O) groups excluding carboxylic acids is 3. The first-order valence-corrected chi connectivity index (χ1v) is 10.2. The quantitative estimate of drug-likeness (QED) is 0.461. The molecule has 1 N–H and O–H groups in total. The fourth-order valence-corrected chi connectivity index (χ4v) is 4.08. The molecule has 0 radical (unpaired) electrons. The molecule has 1 aliphatic heterocycles. The van der Waals surface area contributed by atoms with E-state index < -0.39 is 5.97 Å². The Bertz CT molecular complexity index is 1080. The zero-order chi connectivity index (χ0) is 21.1. The van der Waals surface area contributed by atoms with Crippen LogP contribution in [0.25, 0.3) is 0 Å². The van der Waals surface area contributed by atoms with E-state index in [1.807, 2.05) is 6.07 Å². The van der Waals surface area contributed by atoms with Crippen molar-refractivity contribution in [3.05, 3.63) is 70.4 Å². The summed E-state index contributed by atoms with van der Waals surface area (Å²) >= 11 is 1.27. The number of thiazole rings is 1. The number of amides is 2. The lowest BCUT2D eigenvalue weighted by atomic mass is 10.1. The molecule has 2 aromatic heterocycles. The summed E-state index contributed by atoms with van der Waals surface area (Å²) in [6.45, 7) is 1.98. The van der Waals surface area contributed by atoms with Gasteiger partial charge in [0.1, 0.15) is 5.82 Å². The normalized spacial score (nSPS) is 12.8. The predicted molar refractivity (Wildman–Crippen MR) is 111 cm³/mol. The Morgan fingerprint density at radius 2 is 1.80 bits per heavy atom. The number of imide groups is 1. The van der Waals surface area contributed by atoms with Gasteiger partial charge in [-0.15, -0.1) is 11.3 Å². The number of esters is 1. The highest BCUT2D eigenvalue weighted by Crippen LogP contribution is 2.30. The lowest BCUT2D eigenvalue weighted by Gasteiger charge is -2.13. The molecule has 0 fully saturated rings. The van der Waals surface area contributed by atoms with Gasteiger partial charge in [0.05, 0.1) is 36.4 Å². The minimum atomic E-state index is -0.394. The van der Waals surface area contributed by atoms with Crippen molar-refractivity contribution in [1.29, 1.82) is 0 Å². The molecule has 0 spiro atoms. The molecule has 0 atom stereocenters. The van der Waals surface area contributed by atoms with E-state index in [1.165, 1.54) is 11.3 Å². The Hall–Kier alpha value is -3.59. The number of carbonyl (C=O) groups is 3. The van der Waals surface area contributed by atoms with Crippen LogP contribution in [0.15, 0.2) is 48.7 Å². The highest BCUT2D eigenvalue weighted by Gasteiger charge is 2.36. The van der Waals surface area contributed by atoms with Crippen molar-refractivity contribution in [3.8, 4) is 0 Å². The lowest BCUT2D eigenvalue weighted by Crippen LogP contribution is -2.29. The van der Waals surface area contributed by atoms with Gasteiger partial charge in [-0.25, -0.2) is 9.97 Å². The van der Waals surface area contributed by atoms with Crippen molar-refractivity contribution >= 4 is 40.1 Å². The van der Waals surface area contributed by atoms with E-state index in [-0.39, 0.29) is 31.4 Å². The topological polar surface area (TPSA) is 101 Å². The first-order valence-electron chi connectivity index (χ1n) is 9.34. The van der Waals surface area contributed by atoms with Crippen LogP contribution >= 0.6 is 11.3 Å². The summed E-state index contributed by atoms with van der Waals surface area (Å²) in [6, 6.07) is 12.1. The molecule has 1 aromatic carbocycles. The maximum absolute atomic E-state index is 12.7. The molecule has 2 amide bonds. The van der Waals surface area contributed by atoms with Crippen molar-refractivity contribution in [3.63, 3.8) is 0 Å². The molecule has 30 heavy (non-hydrogen) atoms. The number of ether oxygens (including phenoxy) is 1. The van der Waals surface area contributed by atoms with Crippen molar-refractivity contribution in [2.75, 3.05) is 11.9 Å². The number of fused-ring (bicyclic) bond motifs is 1. The molecule has 3 aromatic rings. The third kappa shape index (κ3) is 3.92. The van der Waals surface area contributed by atoms with Crippen molar-refractivity contribution in [2.24, 2.45) is 0 Å². The fraction of sp³-hybridized carbons (Fsp3) is 0.190. The van der Waals surface area contributed by atoms with Gasteiger partial charge in [0.15, 0.2) is 5.13 Å². The smallest absolute Gasteiger partial charge is 0.311 e. The molecule has 8 nitrogen and oxygen atoms in total. The second-order valence-electron chi connectivity index (χ2n) is 6.45. The van der Waals surface area contributed by atoms with Crippen molar-refractivity contribution in [1.82, 2.24) is 14.9 Å².